The molecule has 1 heterocycles. The van der Waals surface area contributed by atoms with Gasteiger partial charge >= 0.3 is 0 Å². The Labute approximate surface area is 188 Å². The second-order valence-corrected chi connectivity index (χ2v) is 8.23. The van der Waals surface area contributed by atoms with Gasteiger partial charge in [-0.05, 0) is 61.5 Å². The molecule has 1 aliphatic rings. The quantitative estimate of drug-likeness (QED) is 0.331. The number of nitro benzene ring substituents is 1. The van der Waals surface area contributed by atoms with Gasteiger partial charge in [-0.25, -0.2) is 0 Å². The standard InChI is InChI=1S/C20H22BrN5O3S/c21-15-6-8-16(9-7-15)22-20(30)24-23-19(27)14-5-10-17(18(13-14)26(28)29)25-11-3-1-2-4-12-25/h5-10,13H,1-4,11-12H2,(H,23,27)(H2,22,24,30). The van der Waals surface area contributed by atoms with E-state index >= 15 is 0 Å². The summed E-state index contributed by atoms with van der Waals surface area (Å²) >= 11 is 8.51. The Bertz CT molecular complexity index is 931. The molecular formula is C20H22BrN5O3S. The number of benzene rings is 2. The highest BCUT2D eigenvalue weighted by molar-refractivity contribution is 9.10. The number of halogens is 1. The number of nitrogens with one attached hydrogen (secondary N) is 3. The second kappa shape index (κ2) is 10.4. The van der Waals surface area contributed by atoms with Gasteiger partial charge in [0.25, 0.3) is 11.6 Å². The molecule has 0 spiro atoms. The van der Waals surface area contributed by atoms with E-state index < -0.39 is 10.8 Å². The lowest BCUT2D eigenvalue weighted by atomic mass is 10.1. The summed E-state index contributed by atoms with van der Waals surface area (Å²) in [5.74, 6) is -0.513. The van der Waals surface area contributed by atoms with Gasteiger partial charge in [0, 0.05) is 34.9 Å². The fourth-order valence-corrected chi connectivity index (χ4v) is 3.70. The van der Waals surface area contributed by atoms with E-state index in [-0.39, 0.29) is 16.4 Å². The van der Waals surface area contributed by atoms with Crippen LogP contribution in [0.15, 0.2) is 46.9 Å². The highest BCUT2D eigenvalue weighted by Gasteiger charge is 2.22. The third-order valence-electron chi connectivity index (χ3n) is 4.77. The van der Waals surface area contributed by atoms with Crippen LogP contribution in [-0.4, -0.2) is 29.0 Å². The number of carbonyl (C=O) groups is 1. The van der Waals surface area contributed by atoms with Crippen LogP contribution in [0.25, 0.3) is 0 Å². The fourth-order valence-electron chi connectivity index (χ4n) is 3.27. The summed E-state index contributed by atoms with van der Waals surface area (Å²) in [7, 11) is 0. The number of hydrazine groups is 1. The number of nitro groups is 1. The molecule has 0 unspecified atom stereocenters. The summed E-state index contributed by atoms with van der Waals surface area (Å²) in [6, 6.07) is 11.9. The molecule has 30 heavy (non-hydrogen) atoms. The summed E-state index contributed by atoms with van der Waals surface area (Å²) in [4.78, 5) is 25.7. The summed E-state index contributed by atoms with van der Waals surface area (Å²) in [5, 5.41) is 14.7. The van der Waals surface area contributed by atoms with Crippen LogP contribution in [0, 0.1) is 10.1 Å². The lowest BCUT2D eigenvalue weighted by Gasteiger charge is -2.22. The molecule has 0 saturated carbocycles. The zero-order valence-corrected chi connectivity index (χ0v) is 18.6. The van der Waals surface area contributed by atoms with Gasteiger partial charge in [-0.3, -0.25) is 25.8 Å². The minimum atomic E-state index is -0.513. The maximum absolute atomic E-state index is 12.5. The summed E-state index contributed by atoms with van der Waals surface area (Å²) < 4.78 is 0.936. The number of nitrogens with zero attached hydrogens (tertiary/aromatic N) is 2. The molecule has 0 aromatic heterocycles. The number of amides is 1. The lowest BCUT2D eigenvalue weighted by Crippen LogP contribution is -2.43. The zero-order valence-electron chi connectivity index (χ0n) is 16.2. The number of carbonyl (C=O) groups excluding carboxylic acids is 1. The average molecular weight is 492 g/mol. The first kappa shape index (κ1) is 22.0. The van der Waals surface area contributed by atoms with E-state index in [0.29, 0.717) is 5.69 Å². The molecule has 2 aromatic rings. The number of hydrogen-bond acceptors (Lipinski definition) is 5. The van der Waals surface area contributed by atoms with Crippen LogP contribution in [0.2, 0.25) is 0 Å². The van der Waals surface area contributed by atoms with E-state index in [2.05, 4.69) is 32.1 Å². The van der Waals surface area contributed by atoms with Crippen molar-refractivity contribution in [1.29, 1.82) is 0 Å². The molecule has 0 aliphatic carbocycles. The number of anilines is 2. The molecule has 1 saturated heterocycles. The SMILES string of the molecule is O=C(NNC(=S)Nc1ccc(Br)cc1)c1ccc(N2CCCCCC2)c([N+](=O)[O-])c1. The van der Waals surface area contributed by atoms with E-state index in [0.717, 1.165) is 48.9 Å². The molecule has 10 heteroatoms. The topological polar surface area (TPSA) is 99.5 Å². The van der Waals surface area contributed by atoms with Crippen LogP contribution in [0.4, 0.5) is 17.1 Å². The van der Waals surface area contributed by atoms with Gasteiger partial charge in [-0.2, -0.15) is 0 Å². The van der Waals surface area contributed by atoms with E-state index in [4.69, 9.17) is 12.2 Å². The van der Waals surface area contributed by atoms with Crippen molar-refractivity contribution in [3.8, 4) is 0 Å². The Balaban J connectivity index is 1.65. The largest absolute Gasteiger partial charge is 0.366 e. The minimum Gasteiger partial charge on any atom is -0.366 e. The number of rotatable bonds is 4. The van der Waals surface area contributed by atoms with Crippen molar-refractivity contribution in [2.24, 2.45) is 0 Å². The maximum Gasteiger partial charge on any atom is 0.293 e. The molecule has 1 amide bonds. The molecular weight excluding hydrogens is 470 g/mol. The van der Waals surface area contributed by atoms with Gasteiger partial charge in [0.15, 0.2) is 5.11 Å². The van der Waals surface area contributed by atoms with Gasteiger partial charge in [-0.1, -0.05) is 28.8 Å². The Kier molecular flexibility index (Phi) is 7.58. The highest BCUT2D eigenvalue weighted by Crippen LogP contribution is 2.31. The molecule has 3 rings (SSSR count). The van der Waals surface area contributed by atoms with Gasteiger partial charge in [0.2, 0.25) is 0 Å². The fraction of sp³-hybridized carbons (Fsp3) is 0.300. The molecule has 0 atom stereocenters. The first-order valence-corrected chi connectivity index (χ1v) is 10.8. The predicted octanol–water partition coefficient (Wildman–Crippen LogP) is 4.37. The zero-order chi connectivity index (χ0) is 21.5. The Morgan fingerprint density at radius 3 is 2.33 bits per heavy atom. The predicted molar refractivity (Wildman–Crippen MR) is 125 cm³/mol. The molecule has 0 radical (unpaired) electrons. The summed E-state index contributed by atoms with van der Waals surface area (Å²) in [6.07, 6.45) is 4.27. The molecule has 158 valence electrons. The first-order chi connectivity index (χ1) is 14.4. The molecule has 0 bridgehead atoms. The average Bonchev–Trinajstić information content (AvgIpc) is 3.02. The number of hydrogen-bond donors (Lipinski definition) is 3. The maximum atomic E-state index is 12.5. The van der Waals surface area contributed by atoms with Crippen molar-refractivity contribution >= 4 is 56.2 Å². The van der Waals surface area contributed by atoms with Crippen molar-refractivity contribution < 1.29 is 9.72 Å². The molecule has 1 aliphatic heterocycles. The van der Waals surface area contributed by atoms with Crippen molar-refractivity contribution in [2.45, 2.75) is 25.7 Å². The van der Waals surface area contributed by atoms with Crippen LogP contribution < -0.4 is 21.1 Å². The van der Waals surface area contributed by atoms with Crippen molar-refractivity contribution in [3.05, 3.63) is 62.6 Å². The van der Waals surface area contributed by atoms with Gasteiger partial charge < -0.3 is 10.2 Å². The summed E-state index contributed by atoms with van der Waals surface area (Å²) in [6.45, 7) is 1.56. The Morgan fingerprint density at radius 1 is 1.03 bits per heavy atom. The Hall–Kier alpha value is -2.72. The van der Waals surface area contributed by atoms with E-state index in [1.165, 1.54) is 6.07 Å². The van der Waals surface area contributed by atoms with Crippen LogP contribution in [0.3, 0.4) is 0 Å². The Morgan fingerprint density at radius 2 is 1.70 bits per heavy atom. The molecule has 2 aromatic carbocycles. The van der Waals surface area contributed by atoms with Crippen LogP contribution in [0.1, 0.15) is 36.0 Å². The van der Waals surface area contributed by atoms with Crippen molar-refractivity contribution in [1.82, 2.24) is 10.9 Å². The third-order valence-corrected chi connectivity index (χ3v) is 5.51. The monoisotopic (exact) mass is 491 g/mol. The molecule has 1 fully saturated rings. The van der Waals surface area contributed by atoms with Gasteiger partial charge in [-0.15, -0.1) is 0 Å². The molecule has 8 nitrogen and oxygen atoms in total. The van der Waals surface area contributed by atoms with Crippen LogP contribution in [0.5, 0.6) is 0 Å². The van der Waals surface area contributed by atoms with Crippen molar-refractivity contribution in [3.63, 3.8) is 0 Å². The normalized spacial score (nSPS) is 13.8. The second-order valence-electron chi connectivity index (χ2n) is 6.90. The molecule has 3 N–H and O–H groups in total. The van der Waals surface area contributed by atoms with E-state index in [9.17, 15) is 14.9 Å². The van der Waals surface area contributed by atoms with E-state index in [1.807, 2.05) is 29.2 Å². The van der Waals surface area contributed by atoms with E-state index in [1.54, 1.807) is 12.1 Å². The third kappa shape index (κ3) is 5.90. The highest BCUT2D eigenvalue weighted by atomic mass is 79.9. The first-order valence-electron chi connectivity index (χ1n) is 9.60. The van der Waals surface area contributed by atoms with Crippen LogP contribution in [-0.2, 0) is 0 Å². The lowest BCUT2D eigenvalue weighted by molar-refractivity contribution is -0.384. The number of thiocarbonyl (C=S) groups is 1. The van der Waals surface area contributed by atoms with Crippen LogP contribution >= 0.6 is 28.1 Å². The minimum absolute atomic E-state index is 0.0693. The van der Waals surface area contributed by atoms with Crippen molar-refractivity contribution in [2.75, 3.05) is 23.3 Å². The van der Waals surface area contributed by atoms with Gasteiger partial charge in [0.05, 0.1) is 4.92 Å². The van der Waals surface area contributed by atoms with Gasteiger partial charge in [0.1, 0.15) is 5.69 Å². The summed E-state index contributed by atoms with van der Waals surface area (Å²) in [5.41, 5.74) is 6.49. The smallest absolute Gasteiger partial charge is 0.293 e.